The quantitative estimate of drug-likeness (QED) is 0.676. The van der Waals surface area contributed by atoms with Crippen molar-refractivity contribution in [1.82, 2.24) is 25.4 Å². The molecule has 0 aliphatic carbocycles. The molecule has 0 spiro atoms. The molecule has 2 aromatic heterocycles. The van der Waals surface area contributed by atoms with E-state index < -0.39 is 0 Å². The van der Waals surface area contributed by atoms with Gasteiger partial charge in [-0.25, -0.2) is 0 Å². The van der Waals surface area contributed by atoms with Crippen molar-refractivity contribution in [2.75, 3.05) is 25.0 Å². The molecule has 1 aromatic carbocycles. The van der Waals surface area contributed by atoms with Crippen molar-refractivity contribution in [2.24, 2.45) is 0 Å². The molecule has 2 saturated heterocycles. The molecule has 152 valence electrons. The number of nitrogens with one attached hydrogen (secondary N) is 2. The van der Waals surface area contributed by atoms with Crippen molar-refractivity contribution in [3.8, 4) is 0 Å². The summed E-state index contributed by atoms with van der Waals surface area (Å²) in [6.07, 6.45) is 5.28. The number of H-pyrrole nitrogens is 1. The summed E-state index contributed by atoms with van der Waals surface area (Å²) in [5.74, 6) is -0.141. The predicted molar refractivity (Wildman–Crippen MR) is 116 cm³/mol. The molecule has 4 heterocycles. The summed E-state index contributed by atoms with van der Waals surface area (Å²) in [6, 6.07) is 9.42. The summed E-state index contributed by atoms with van der Waals surface area (Å²) in [5, 5.41) is 14.1. The lowest BCUT2D eigenvalue weighted by Crippen LogP contribution is -2.52. The fraction of sp³-hybridized carbons (Fsp3) is 0.476. The number of carbonyl (C=O) groups excluding carboxylic acids is 1. The van der Waals surface area contributed by atoms with Crippen molar-refractivity contribution in [3.05, 3.63) is 41.0 Å². The number of fused-ring (bicyclic) bond motifs is 3. The van der Waals surface area contributed by atoms with E-state index in [0.29, 0.717) is 17.1 Å². The fourth-order valence-electron chi connectivity index (χ4n) is 4.67. The molecular weight excluding hydrogens is 384 g/mol. The molecule has 3 atom stereocenters. The van der Waals surface area contributed by atoms with Crippen LogP contribution >= 0.6 is 11.3 Å². The Bertz CT molecular complexity index is 1020. The number of para-hydroxylation sites is 1. The first-order chi connectivity index (χ1) is 14.1. The van der Waals surface area contributed by atoms with E-state index in [1.165, 1.54) is 35.1 Å². The number of benzene rings is 1. The Balaban J connectivity index is 1.22. The van der Waals surface area contributed by atoms with Gasteiger partial charge in [-0.3, -0.25) is 9.69 Å². The molecular formula is C21H26N6OS. The lowest BCUT2D eigenvalue weighted by atomic mass is 10.1. The monoisotopic (exact) mass is 410 g/mol. The van der Waals surface area contributed by atoms with Crippen LogP contribution in [0.25, 0.3) is 10.9 Å². The second-order valence-corrected chi connectivity index (χ2v) is 9.24. The first-order valence-electron chi connectivity index (χ1n) is 10.2. The minimum atomic E-state index is -0.141. The highest BCUT2D eigenvalue weighted by atomic mass is 32.1. The standard InChI is InChI=1S/C21H26N6OS/c1-13(9-14-10-22-18-6-4-3-5-17(14)18)23-19(28)20-24-25-21(29-20)27-11-15-7-8-16(12-27)26(15)2/h3-6,10,13,15-16,22H,7-9,11-12H2,1-2H3,(H,23,28). The number of aromatic amines is 1. The van der Waals surface area contributed by atoms with Crippen LogP contribution < -0.4 is 10.2 Å². The smallest absolute Gasteiger partial charge is 0.282 e. The first kappa shape index (κ1) is 18.6. The Kier molecular flexibility index (Phi) is 4.75. The van der Waals surface area contributed by atoms with Crippen LogP contribution in [0.5, 0.6) is 0 Å². The van der Waals surface area contributed by atoms with Gasteiger partial charge in [-0.15, -0.1) is 10.2 Å². The van der Waals surface area contributed by atoms with E-state index in [2.05, 4.69) is 49.5 Å². The van der Waals surface area contributed by atoms with E-state index in [4.69, 9.17) is 0 Å². The van der Waals surface area contributed by atoms with Gasteiger partial charge in [0.05, 0.1) is 0 Å². The number of piperazine rings is 1. The van der Waals surface area contributed by atoms with E-state index in [1.807, 2.05) is 25.3 Å². The molecule has 0 radical (unpaired) electrons. The predicted octanol–water partition coefficient (Wildman–Crippen LogP) is 2.66. The normalized spacial score (nSPS) is 22.9. The highest BCUT2D eigenvalue weighted by Crippen LogP contribution is 2.32. The molecule has 2 N–H and O–H groups in total. The molecule has 1 amide bonds. The van der Waals surface area contributed by atoms with Crippen LogP contribution in [0.4, 0.5) is 5.13 Å². The summed E-state index contributed by atoms with van der Waals surface area (Å²) in [5.41, 5.74) is 2.33. The van der Waals surface area contributed by atoms with Gasteiger partial charge in [0.25, 0.3) is 5.91 Å². The number of aromatic nitrogens is 3. The van der Waals surface area contributed by atoms with E-state index >= 15 is 0 Å². The van der Waals surface area contributed by atoms with Gasteiger partial charge >= 0.3 is 0 Å². The van der Waals surface area contributed by atoms with Crippen molar-refractivity contribution in [3.63, 3.8) is 0 Å². The Labute approximate surface area is 174 Å². The van der Waals surface area contributed by atoms with Gasteiger partial charge in [0.2, 0.25) is 10.1 Å². The van der Waals surface area contributed by atoms with Gasteiger partial charge < -0.3 is 15.2 Å². The van der Waals surface area contributed by atoms with Gasteiger partial charge in [-0.05, 0) is 44.9 Å². The average Bonchev–Trinajstić information content (AvgIpc) is 3.39. The lowest BCUT2D eigenvalue weighted by Gasteiger charge is -2.38. The number of hydrogen-bond donors (Lipinski definition) is 2. The number of hydrogen-bond acceptors (Lipinski definition) is 6. The second kappa shape index (κ2) is 7.42. The zero-order valence-electron chi connectivity index (χ0n) is 16.8. The third-order valence-electron chi connectivity index (χ3n) is 6.30. The average molecular weight is 411 g/mol. The third kappa shape index (κ3) is 3.51. The number of carbonyl (C=O) groups is 1. The topological polar surface area (TPSA) is 77.1 Å². The molecule has 2 aliphatic rings. The number of likely N-dealkylation sites (N-methyl/N-ethyl adjacent to an activating group) is 1. The molecule has 3 aromatic rings. The Morgan fingerprint density at radius 3 is 2.83 bits per heavy atom. The minimum Gasteiger partial charge on any atom is -0.361 e. The van der Waals surface area contributed by atoms with Crippen LogP contribution in [-0.4, -0.2) is 64.3 Å². The van der Waals surface area contributed by atoms with Crippen LogP contribution in [0.1, 0.15) is 35.1 Å². The number of amides is 1. The summed E-state index contributed by atoms with van der Waals surface area (Å²) in [6.45, 7) is 3.97. The first-order valence-corrected chi connectivity index (χ1v) is 11.1. The van der Waals surface area contributed by atoms with Crippen LogP contribution in [0.3, 0.4) is 0 Å². The van der Waals surface area contributed by atoms with Crippen molar-refractivity contribution < 1.29 is 4.79 Å². The Hall–Kier alpha value is -2.45. The summed E-state index contributed by atoms with van der Waals surface area (Å²) < 4.78 is 0. The maximum absolute atomic E-state index is 12.7. The third-order valence-corrected chi connectivity index (χ3v) is 7.29. The van der Waals surface area contributed by atoms with Crippen molar-refractivity contribution in [2.45, 2.75) is 44.3 Å². The van der Waals surface area contributed by atoms with E-state index in [-0.39, 0.29) is 11.9 Å². The summed E-state index contributed by atoms with van der Waals surface area (Å²) in [7, 11) is 2.22. The summed E-state index contributed by atoms with van der Waals surface area (Å²) in [4.78, 5) is 20.8. The van der Waals surface area contributed by atoms with E-state index in [1.54, 1.807) is 0 Å². The molecule has 2 aliphatic heterocycles. The van der Waals surface area contributed by atoms with Crippen molar-refractivity contribution >= 4 is 33.3 Å². The minimum absolute atomic E-state index is 0.00790. The maximum atomic E-state index is 12.7. The zero-order chi connectivity index (χ0) is 20.0. The van der Waals surface area contributed by atoms with Crippen LogP contribution in [0.2, 0.25) is 0 Å². The van der Waals surface area contributed by atoms with Gasteiger partial charge in [-0.1, -0.05) is 29.5 Å². The largest absolute Gasteiger partial charge is 0.361 e. The molecule has 0 saturated carbocycles. The fourth-order valence-corrected chi connectivity index (χ4v) is 5.44. The molecule has 2 bridgehead atoms. The summed E-state index contributed by atoms with van der Waals surface area (Å²) >= 11 is 1.40. The molecule has 2 fully saturated rings. The number of rotatable bonds is 5. The Morgan fingerprint density at radius 1 is 1.28 bits per heavy atom. The van der Waals surface area contributed by atoms with Crippen LogP contribution in [0, 0.1) is 0 Å². The van der Waals surface area contributed by atoms with Crippen LogP contribution in [-0.2, 0) is 6.42 Å². The lowest BCUT2D eigenvalue weighted by molar-refractivity contribution is 0.0939. The highest BCUT2D eigenvalue weighted by Gasteiger charge is 2.38. The number of nitrogens with zero attached hydrogens (tertiary/aromatic N) is 4. The molecule has 5 rings (SSSR count). The van der Waals surface area contributed by atoms with E-state index in [9.17, 15) is 4.79 Å². The molecule has 29 heavy (non-hydrogen) atoms. The SMILES string of the molecule is CC(Cc1c[nH]c2ccccc12)NC(=O)c1nnc(N2CC3CCC(C2)N3C)s1. The van der Waals surface area contributed by atoms with Gasteiger partial charge in [-0.2, -0.15) is 0 Å². The molecule has 3 unspecified atom stereocenters. The van der Waals surface area contributed by atoms with Gasteiger partial charge in [0.1, 0.15) is 0 Å². The van der Waals surface area contributed by atoms with Crippen molar-refractivity contribution in [1.29, 1.82) is 0 Å². The van der Waals surface area contributed by atoms with Crippen LogP contribution in [0.15, 0.2) is 30.5 Å². The maximum Gasteiger partial charge on any atom is 0.282 e. The second-order valence-electron chi connectivity index (χ2n) is 8.28. The Morgan fingerprint density at radius 2 is 2.03 bits per heavy atom. The van der Waals surface area contributed by atoms with Gasteiger partial charge in [0.15, 0.2) is 0 Å². The van der Waals surface area contributed by atoms with E-state index in [0.717, 1.165) is 30.2 Å². The number of anilines is 1. The highest BCUT2D eigenvalue weighted by molar-refractivity contribution is 7.17. The molecule has 8 heteroatoms. The molecule has 7 nitrogen and oxygen atoms in total. The zero-order valence-corrected chi connectivity index (χ0v) is 17.6. The van der Waals surface area contributed by atoms with Gasteiger partial charge in [0, 0.05) is 48.3 Å².